The van der Waals surface area contributed by atoms with Gasteiger partial charge >= 0.3 is 5.97 Å². The third-order valence-electron chi connectivity index (χ3n) is 2.94. The molecule has 1 rings (SSSR count). The van der Waals surface area contributed by atoms with E-state index < -0.39 is 18.1 Å². The fourth-order valence-corrected chi connectivity index (χ4v) is 2.07. The quantitative estimate of drug-likeness (QED) is 0.729. The van der Waals surface area contributed by atoms with Crippen LogP contribution in [0.25, 0.3) is 0 Å². The highest BCUT2D eigenvalue weighted by Crippen LogP contribution is 2.27. The van der Waals surface area contributed by atoms with Crippen molar-refractivity contribution in [1.29, 1.82) is 0 Å². The summed E-state index contributed by atoms with van der Waals surface area (Å²) >= 11 is 0. The molecule has 0 saturated heterocycles. The van der Waals surface area contributed by atoms with Gasteiger partial charge in [-0.3, -0.25) is 4.79 Å². The largest absolute Gasteiger partial charge is 0.496 e. The lowest BCUT2D eigenvalue weighted by molar-refractivity contribution is -0.137. The van der Waals surface area contributed by atoms with Gasteiger partial charge in [-0.2, -0.15) is 0 Å². The number of carboxylic acids is 1. The highest BCUT2D eigenvalue weighted by molar-refractivity contribution is 5.67. The molecule has 5 nitrogen and oxygen atoms in total. The molecule has 18 heavy (non-hydrogen) atoms. The number of hydrogen-bond acceptors (Lipinski definition) is 4. The molecular formula is C13H20N2O3. The van der Waals surface area contributed by atoms with E-state index in [1.165, 1.54) is 0 Å². The zero-order valence-electron chi connectivity index (χ0n) is 10.9. The zero-order chi connectivity index (χ0) is 13.9. The first-order chi connectivity index (χ1) is 8.36. The maximum Gasteiger partial charge on any atom is 0.304 e. The molecule has 0 amide bonds. The number of rotatable bonds is 5. The van der Waals surface area contributed by atoms with Crippen molar-refractivity contribution >= 4 is 5.97 Å². The third-order valence-corrected chi connectivity index (χ3v) is 2.94. The summed E-state index contributed by atoms with van der Waals surface area (Å²) < 4.78 is 5.27. The van der Waals surface area contributed by atoms with Crippen LogP contribution in [-0.4, -0.2) is 24.2 Å². The maximum absolute atomic E-state index is 10.6. The first-order valence-electron chi connectivity index (χ1n) is 5.75. The second-order valence-corrected chi connectivity index (χ2v) is 4.48. The highest BCUT2D eigenvalue weighted by Gasteiger charge is 2.19. The number of carboxylic acid groups (broad SMARTS) is 1. The lowest BCUT2D eigenvalue weighted by Gasteiger charge is -2.20. The van der Waals surface area contributed by atoms with Gasteiger partial charge in [0.1, 0.15) is 5.75 Å². The van der Waals surface area contributed by atoms with Gasteiger partial charge in [-0.15, -0.1) is 0 Å². The summed E-state index contributed by atoms with van der Waals surface area (Å²) in [6, 6.07) is 2.68. The normalized spacial score (nSPS) is 14.1. The second-order valence-electron chi connectivity index (χ2n) is 4.48. The first-order valence-corrected chi connectivity index (χ1v) is 5.75. The topological polar surface area (TPSA) is 98.6 Å². The molecule has 2 atom stereocenters. The van der Waals surface area contributed by atoms with Crippen molar-refractivity contribution in [2.45, 2.75) is 32.4 Å². The number of aliphatic carboxylic acids is 1. The fraction of sp³-hybridized carbons (Fsp3) is 0.462. The molecule has 1 aromatic carbocycles. The number of nitrogens with two attached hydrogens (primary N) is 2. The zero-order valence-corrected chi connectivity index (χ0v) is 10.9. The average molecular weight is 252 g/mol. The molecule has 0 aliphatic rings. The predicted molar refractivity (Wildman–Crippen MR) is 69.6 cm³/mol. The molecule has 5 N–H and O–H groups in total. The summed E-state index contributed by atoms with van der Waals surface area (Å²) in [4.78, 5) is 10.6. The fourth-order valence-electron chi connectivity index (χ4n) is 2.07. The van der Waals surface area contributed by atoms with Crippen molar-refractivity contribution in [3.8, 4) is 5.75 Å². The Balaban J connectivity index is 3.00. The smallest absolute Gasteiger partial charge is 0.304 e. The number of methoxy groups -OCH3 is 1. The van der Waals surface area contributed by atoms with Gasteiger partial charge in [-0.25, -0.2) is 0 Å². The van der Waals surface area contributed by atoms with Crippen LogP contribution in [0.2, 0.25) is 0 Å². The van der Waals surface area contributed by atoms with Crippen molar-refractivity contribution in [1.82, 2.24) is 0 Å². The Kier molecular flexibility index (Phi) is 4.69. The van der Waals surface area contributed by atoms with E-state index in [1.807, 2.05) is 26.0 Å². The van der Waals surface area contributed by atoms with E-state index in [0.29, 0.717) is 0 Å². The van der Waals surface area contributed by atoms with E-state index >= 15 is 0 Å². The van der Waals surface area contributed by atoms with Crippen LogP contribution < -0.4 is 16.2 Å². The van der Waals surface area contributed by atoms with Crippen molar-refractivity contribution < 1.29 is 14.6 Å². The number of carbonyl (C=O) groups is 1. The number of ether oxygens (including phenoxy) is 1. The molecule has 0 saturated carbocycles. The van der Waals surface area contributed by atoms with E-state index in [-0.39, 0.29) is 6.42 Å². The minimum Gasteiger partial charge on any atom is -0.496 e. The summed E-state index contributed by atoms with van der Waals surface area (Å²) in [6.07, 6.45) is -0.148. The van der Waals surface area contributed by atoms with Crippen LogP contribution in [0.4, 0.5) is 0 Å². The van der Waals surface area contributed by atoms with Crippen LogP contribution in [0.3, 0.4) is 0 Å². The lowest BCUT2D eigenvalue weighted by Crippen LogP contribution is -2.36. The molecule has 100 valence electrons. The Morgan fingerprint density at radius 1 is 1.33 bits per heavy atom. The predicted octanol–water partition coefficient (Wildman–Crippen LogP) is 1.11. The molecule has 1 aromatic rings. The van der Waals surface area contributed by atoms with Crippen LogP contribution >= 0.6 is 0 Å². The van der Waals surface area contributed by atoms with Crippen LogP contribution in [-0.2, 0) is 4.79 Å². The first kappa shape index (κ1) is 14.5. The second kappa shape index (κ2) is 5.84. The number of benzene rings is 1. The SMILES string of the molecule is COc1c(C)cc(C(N)C(N)CC(=O)O)cc1C. The molecule has 0 radical (unpaired) electrons. The Morgan fingerprint density at radius 3 is 2.22 bits per heavy atom. The van der Waals surface area contributed by atoms with Crippen LogP contribution in [0.15, 0.2) is 12.1 Å². The van der Waals surface area contributed by atoms with E-state index in [0.717, 1.165) is 22.4 Å². The Labute approximate surface area is 107 Å². The molecule has 5 heteroatoms. The van der Waals surface area contributed by atoms with Gasteiger partial charge in [-0.1, -0.05) is 12.1 Å². The van der Waals surface area contributed by atoms with Crippen molar-refractivity contribution in [2.75, 3.05) is 7.11 Å². The summed E-state index contributed by atoms with van der Waals surface area (Å²) in [5, 5.41) is 8.72. The Hall–Kier alpha value is -1.59. The summed E-state index contributed by atoms with van der Waals surface area (Å²) in [7, 11) is 1.62. The van der Waals surface area contributed by atoms with E-state index in [9.17, 15) is 4.79 Å². The van der Waals surface area contributed by atoms with Crippen molar-refractivity contribution in [2.24, 2.45) is 11.5 Å². The lowest BCUT2D eigenvalue weighted by atomic mass is 9.95. The van der Waals surface area contributed by atoms with Gasteiger partial charge in [-0.05, 0) is 30.5 Å². The van der Waals surface area contributed by atoms with Gasteiger partial charge in [0.15, 0.2) is 0 Å². The summed E-state index contributed by atoms with van der Waals surface area (Å²) in [5.74, 6) is -0.127. The molecule has 0 fully saturated rings. The standard InChI is InChI=1S/C13H20N2O3/c1-7-4-9(5-8(2)13(7)18-3)12(15)10(14)6-11(16)17/h4-5,10,12H,6,14-15H2,1-3H3,(H,16,17). The number of aryl methyl sites for hydroxylation is 2. The van der Waals surface area contributed by atoms with E-state index in [1.54, 1.807) is 7.11 Å². The van der Waals surface area contributed by atoms with Crippen molar-refractivity contribution in [3.63, 3.8) is 0 Å². The molecule has 0 bridgehead atoms. The van der Waals surface area contributed by atoms with Gasteiger partial charge < -0.3 is 21.3 Å². The Morgan fingerprint density at radius 2 is 1.83 bits per heavy atom. The molecule has 0 aliphatic carbocycles. The minimum absolute atomic E-state index is 0.148. The van der Waals surface area contributed by atoms with Gasteiger partial charge in [0.2, 0.25) is 0 Å². The van der Waals surface area contributed by atoms with Crippen LogP contribution in [0.1, 0.15) is 29.2 Å². The summed E-state index contributed by atoms with van der Waals surface area (Å²) in [6.45, 7) is 3.84. The molecular weight excluding hydrogens is 232 g/mol. The third kappa shape index (κ3) is 3.21. The molecule has 0 heterocycles. The van der Waals surface area contributed by atoms with Crippen LogP contribution in [0, 0.1) is 13.8 Å². The van der Waals surface area contributed by atoms with E-state index in [4.69, 9.17) is 21.3 Å². The maximum atomic E-state index is 10.6. The Bertz CT molecular complexity index is 423. The summed E-state index contributed by atoms with van der Waals surface area (Å²) in [5.41, 5.74) is 14.5. The molecule has 2 unspecified atom stereocenters. The molecule has 0 spiro atoms. The van der Waals surface area contributed by atoms with Crippen molar-refractivity contribution in [3.05, 3.63) is 28.8 Å². The number of hydrogen-bond donors (Lipinski definition) is 3. The van der Waals surface area contributed by atoms with Gasteiger partial charge in [0, 0.05) is 12.1 Å². The molecule has 0 aromatic heterocycles. The average Bonchev–Trinajstić information content (AvgIpc) is 2.26. The minimum atomic E-state index is -0.945. The monoisotopic (exact) mass is 252 g/mol. The highest BCUT2D eigenvalue weighted by atomic mass is 16.5. The molecule has 0 aliphatic heterocycles. The van der Waals surface area contributed by atoms with E-state index in [2.05, 4.69) is 0 Å². The van der Waals surface area contributed by atoms with Gasteiger partial charge in [0.05, 0.1) is 13.5 Å². The van der Waals surface area contributed by atoms with Crippen LogP contribution in [0.5, 0.6) is 5.75 Å². The van der Waals surface area contributed by atoms with Gasteiger partial charge in [0.25, 0.3) is 0 Å².